The number of H-pyrrole nitrogens is 1. The molecule has 1 N–H and O–H groups in total. The largest absolute Gasteiger partial charge is 0.485 e. The van der Waals surface area contributed by atoms with Crippen LogP contribution in [0.4, 0.5) is 0 Å². The average Bonchev–Trinajstić information content (AvgIpc) is 3.71. The predicted octanol–water partition coefficient (Wildman–Crippen LogP) is 6.77. The average molecular weight is 652 g/mol. The van der Waals surface area contributed by atoms with E-state index >= 15 is 0 Å². The number of aromatic nitrogens is 5. The molecule has 0 bridgehead atoms. The molecule has 48 heavy (non-hydrogen) atoms. The van der Waals surface area contributed by atoms with Gasteiger partial charge < -0.3 is 19.4 Å². The number of fused-ring (bicyclic) bond motifs is 1. The summed E-state index contributed by atoms with van der Waals surface area (Å²) in [7, 11) is 0. The molecule has 5 rings (SSSR count). The summed E-state index contributed by atoms with van der Waals surface area (Å²) >= 11 is 0. The van der Waals surface area contributed by atoms with E-state index in [0.29, 0.717) is 72.8 Å². The van der Waals surface area contributed by atoms with E-state index in [1.54, 1.807) is 24.3 Å². The van der Waals surface area contributed by atoms with Gasteiger partial charge in [0.25, 0.3) is 11.7 Å². The first-order valence-electron chi connectivity index (χ1n) is 16.7. The lowest BCUT2D eigenvalue weighted by molar-refractivity contribution is -0.126. The lowest BCUT2D eigenvalue weighted by Crippen LogP contribution is -2.40. The molecule has 252 valence electrons. The van der Waals surface area contributed by atoms with E-state index in [4.69, 9.17) is 9.47 Å². The van der Waals surface area contributed by atoms with E-state index in [1.807, 2.05) is 44.2 Å². The second kappa shape index (κ2) is 14.5. The van der Waals surface area contributed by atoms with Crippen LogP contribution in [-0.2, 0) is 9.53 Å². The lowest BCUT2D eigenvalue weighted by Gasteiger charge is -2.30. The molecular formula is C37H45N7O4. The standard InChI is InChI=1S/C37H45N7O4/c1-7-8-16-36(3,4)47-20-17-37(5,6)48-30-23-40-34(44-24-41-25(2)42-44)32-31(30)29(22-39-32)33(45)35(46)43-18-14-27(15-19-43)28(21-38)26-12-10-9-11-13-26/h9-13,22-24,39H,7-8,14-20H2,1-6H3. The highest BCUT2D eigenvalue weighted by Gasteiger charge is 2.32. The van der Waals surface area contributed by atoms with Crippen molar-refractivity contribution in [3.63, 3.8) is 0 Å². The van der Waals surface area contributed by atoms with Crippen molar-refractivity contribution in [2.45, 2.75) is 91.3 Å². The Morgan fingerprint density at radius 1 is 1.04 bits per heavy atom. The number of ketones is 1. The molecule has 1 saturated heterocycles. The first-order chi connectivity index (χ1) is 22.9. The van der Waals surface area contributed by atoms with E-state index in [2.05, 4.69) is 46.9 Å². The van der Waals surface area contributed by atoms with Crippen LogP contribution in [-0.4, -0.2) is 72.2 Å². The predicted molar refractivity (Wildman–Crippen MR) is 184 cm³/mol. The summed E-state index contributed by atoms with van der Waals surface area (Å²) in [6, 6.07) is 11.9. The lowest BCUT2D eigenvalue weighted by atomic mass is 9.93. The third-order valence-corrected chi connectivity index (χ3v) is 8.81. The van der Waals surface area contributed by atoms with Crippen LogP contribution in [0, 0.1) is 18.3 Å². The zero-order valence-corrected chi connectivity index (χ0v) is 28.8. The number of carbonyl (C=O) groups excluding carboxylic acids is 2. The molecule has 1 aliphatic heterocycles. The zero-order chi connectivity index (χ0) is 34.5. The molecule has 0 radical (unpaired) electrons. The number of hydrogen-bond donors (Lipinski definition) is 1. The number of ether oxygens (including phenoxy) is 2. The molecule has 4 heterocycles. The van der Waals surface area contributed by atoms with E-state index < -0.39 is 17.3 Å². The number of allylic oxidation sites excluding steroid dienone is 1. The van der Waals surface area contributed by atoms with Crippen LogP contribution in [0.3, 0.4) is 0 Å². The minimum atomic E-state index is -0.671. The summed E-state index contributed by atoms with van der Waals surface area (Å²) in [4.78, 5) is 41.2. The number of rotatable bonds is 13. The fourth-order valence-corrected chi connectivity index (χ4v) is 6.02. The SMILES string of the molecule is CCCCC(C)(C)OCCC(C)(C)Oc1cnc(-n2cnc(C)n2)c2[nH]cc(C(=O)C(=O)N3CCC(=C(C#N)c4ccccc4)CC3)c12. The maximum atomic E-state index is 13.9. The van der Waals surface area contributed by atoms with Gasteiger partial charge in [-0.25, -0.2) is 14.6 Å². The molecule has 1 aliphatic rings. The Kier molecular flexibility index (Phi) is 10.4. The highest BCUT2D eigenvalue weighted by atomic mass is 16.5. The van der Waals surface area contributed by atoms with E-state index in [0.717, 1.165) is 30.4 Å². The van der Waals surface area contributed by atoms with Crippen molar-refractivity contribution in [1.82, 2.24) is 29.6 Å². The number of nitrogens with one attached hydrogen (secondary N) is 1. The third kappa shape index (κ3) is 7.82. The second-order valence-corrected chi connectivity index (χ2v) is 13.5. The fraction of sp³-hybridized carbons (Fsp3) is 0.459. The van der Waals surface area contributed by atoms with Crippen LogP contribution in [0.1, 0.15) is 94.9 Å². The molecule has 3 aromatic heterocycles. The van der Waals surface area contributed by atoms with Gasteiger partial charge in [-0.15, -0.1) is 0 Å². The number of hydrogen-bond acceptors (Lipinski definition) is 8. The van der Waals surface area contributed by atoms with Crippen LogP contribution >= 0.6 is 0 Å². The van der Waals surface area contributed by atoms with Gasteiger partial charge in [0, 0.05) is 25.7 Å². The van der Waals surface area contributed by atoms with Crippen molar-refractivity contribution < 1.29 is 19.1 Å². The number of aromatic amines is 1. The van der Waals surface area contributed by atoms with Crippen LogP contribution in [0.5, 0.6) is 5.75 Å². The van der Waals surface area contributed by atoms with Crippen molar-refractivity contribution in [3.8, 4) is 17.6 Å². The molecular weight excluding hydrogens is 606 g/mol. The Balaban J connectivity index is 1.40. The Labute approximate surface area is 282 Å². The number of Topliss-reactive ketones (excluding diaryl/α,β-unsaturated/α-hetero) is 1. The zero-order valence-electron chi connectivity index (χ0n) is 28.8. The van der Waals surface area contributed by atoms with E-state index in [9.17, 15) is 14.9 Å². The first-order valence-corrected chi connectivity index (χ1v) is 16.7. The highest BCUT2D eigenvalue weighted by molar-refractivity contribution is 6.45. The smallest absolute Gasteiger partial charge is 0.295 e. The summed E-state index contributed by atoms with van der Waals surface area (Å²) in [6.45, 7) is 13.3. The molecule has 11 nitrogen and oxygen atoms in total. The fourth-order valence-electron chi connectivity index (χ4n) is 6.02. The maximum absolute atomic E-state index is 13.9. The molecule has 0 saturated carbocycles. The monoisotopic (exact) mass is 651 g/mol. The summed E-state index contributed by atoms with van der Waals surface area (Å²) in [5, 5.41) is 14.7. The van der Waals surface area contributed by atoms with Gasteiger partial charge in [-0.3, -0.25) is 9.59 Å². The molecule has 0 unspecified atom stereocenters. The van der Waals surface area contributed by atoms with Gasteiger partial charge in [-0.05, 0) is 65.0 Å². The number of piperidine rings is 1. The molecule has 0 atom stereocenters. The van der Waals surface area contributed by atoms with Crippen molar-refractivity contribution in [2.24, 2.45) is 0 Å². The Bertz CT molecular complexity index is 1840. The number of pyridine rings is 1. The molecule has 0 spiro atoms. The quantitative estimate of drug-likeness (QED) is 0.0950. The summed E-state index contributed by atoms with van der Waals surface area (Å²) in [5.41, 5.74) is 2.28. The van der Waals surface area contributed by atoms with Gasteiger partial charge in [0.05, 0.1) is 46.5 Å². The number of aryl methyl sites for hydroxylation is 1. The molecule has 1 aromatic carbocycles. The first kappa shape index (κ1) is 34.5. The van der Waals surface area contributed by atoms with E-state index in [1.165, 1.54) is 10.9 Å². The van der Waals surface area contributed by atoms with Gasteiger partial charge in [0.1, 0.15) is 23.5 Å². The number of carbonyl (C=O) groups is 2. The van der Waals surface area contributed by atoms with Gasteiger partial charge in [0.2, 0.25) is 0 Å². The van der Waals surface area contributed by atoms with Crippen molar-refractivity contribution in [3.05, 3.63) is 71.6 Å². The summed E-state index contributed by atoms with van der Waals surface area (Å²) in [6.07, 6.45) is 9.48. The number of nitriles is 1. The van der Waals surface area contributed by atoms with Crippen molar-refractivity contribution >= 4 is 28.2 Å². The summed E-state index contributed by atoms with van der Waals surface area (Å²) in [5.74, 6) is 0.130. The number of likely N-dealkylation sites (tertiary alicyclic amines) is 1. The van der Waals surface area contributed by atoms with Crippen LogP contribution in [0.25, 0.3) is 22.3 Å². The minimum absolute atomic E-state index is 0.196. The molecule has 4 aromatic rings. The molecule has 0 aliphatic carbocycles. The van der Waals surface area contributed by atoms with Gasteiger partial charge >= 0.3 is 0 Å². The van der Waals surface area contributed by atoms with Gasteiger partial charge in [-0.2, -0.15) is 10.4 Å². The molecule has 11 heteroatoms. The van der Waals surface area contributed by atoms with Crippen LogP contribution < -0.4 is 4.74 Å². The van der Waals surface area contributed by atoms with Crippen LogP contribution in [0.15, 0.2) is 54.6 Å². The summed E-state index contributed by atoms with van der Waals surface area (Å²) < 4.78 is 14.3. The number of amides is 1. The van der Waals surface area contributed by atoms with Gasteiger partial charge in [0.15, 0.2) is 5.82 Å². The normalized spacial score (nSPS) is 13.9. The number of benzene rings is 1. The Hall–Kier alpha value is -4.82. The second-order valence-electron chi connectivity index (χ2n) is 13.5. The Morgan fingerprint density at radius 3 is 2.42 bits per heavy atom. The highest BCUT2D eigenvalue weighted by Crippen LogP contribution is 2.35. The van der Waals surface area contributed by atoms with E-state index in [-0.39, 0.29) is 11.2 Å². The number of nitrogens with zero attached hydrogens (tertiary/aromatic N) is 6. The van der Waals surface area contributed by atoms with Crippen molar-refractivity contribution in [2.75, 3.05) is 19.7 Å². The van der Waals surface area contributed by atoms with Crippen LogP contribution in [0.2, 0.25) is 0 Å². The van der Waals surface area contributed by atoms with Gasteiger partial charge in [-0.1, -0.05) is 50.1 Å². The molecule has 1 amide bonds. The topological polar surface area (TPSA) is 139 Å². The Morgan fingerprint density at radius 2 is 1.77 bits per heavy atom. The maximum Gasteiger partial charge on any atom is 0.295 e. The third-order valence-electron chi connectivity index (χ3n) is 8.81. The van der Waals surface area contributed by atoms with Crippen molar-refractivity contribution in [1.29, 1.82) is 5.26 Å². The number of unbranched alkanes of at least 4 members (excludes halogenated alkanes) is 1. The minimum Gasteiger partial charge on any atom is -0.485 e. The molecule has 1 fully saturated rings.